The van der Waals surface area contributed by atoms with E-state index in [4.69, 9.17) is 4.74 Å². The summed E-state index contributed by atoms with van der Waals surface area (Å²) in [4.78, 5) is 0. The lowest BCUT2D eigenvalue weighted by atomic mass is 9.93. The van der Waals surface area contributed by atoms with Gasteiger partial charge in [-0.1, -0.05) is 6.92 Å². The fourth-order valence-electron chi connectivity index (χ4n) is 0.992. The summed E-state index contributed by atoms with van der Waals surface area (Å²) in [6.45, 7) is 2.63. The van der Waals surface area contributed by atoms with E-state index in [9.17, 15) is 18.3 Å². The molecule has 0 aliphatic carbocycles. The van der Waals surface area contributed by atoms with Crippen molar-refractivity contribution < 1.29 is 23.0 Å². The van der Waals surface area contributed by atoms with Crippen molar-refractivity contribution in [3.05, 3.63) is 0 Å². The molecule has 1 heterocycles. The molecule has 1 rings (SSSR count). The molecule has 5 heteroatoms. The number of aliphatic hydroxyl groups is 1. The van der Waals surface area contributed by atoms with Crippen molar-refractivity contribution in [2.24, 2.45) is 5.92 Å². The summed E-state index contributed by atoms with van der Waals surface area (Å²) in [7, 11) is 0. The number of epoxide rings is 1. The quantitative estimate of drug-likeness (QED) is 0.657. The van der Waals surface area contributed by atoms with Crippen molar-refractivity contribution in [2.75, 3.05) is 6.61 Å². The van der Waals surface area contributed by atoms with Gasteiger partial charge in [0.2, 0.25) is 0 Å². The molecule has 0 amide bonds. The number of aliphatic hydroxyl groups excluding tert-OH is 1. The Balaban J connectivity index is 2.58. The Labute approximate surface area is 68.3 Å². The summed E-state index contributed by atoms with van der Waals surface area (Å²) in [5, 5.41) is 9.21. The Morgan fingerprint density at radius 3 is 2.17 bits per heavy atom. The molecule has 0 bridgehead atoms. The van der Waals surface area contributed by atoms with E-state index < -0.39 is 23.8 Å². The Morgan fingerprint density at radius 1 is 1.50 bits per heavy atom. The third-order valence-electron chi connectivity index (χ3n) is 2.22. The monoisotopic (exact) mass is 184 g/mol. The van der Waals surface area contributed by atoms with Crippen molar-refractivity contribution in [3.63, 3.8) is 0 Å². The van der Waals surface area contributed by atoms with E-state index in [1.165, 1.54) is 6.92 Å². The van der Waals surface area contributed by atoms with Crippen LogP contribution >= 0.6 is 0 Å². The van der Waals surface area contributed by atoms with Crippen LogP contribution in [-0.4, -0.2) is 29.6 Å². The molecule has 72 valence electrons. The van der Waals surface area contributed by atoms with Crippen molar-refractivity contribution in [1.82, 2.24) is 0 Å². The Kier molecular flexibility index (Phi) is 2.12. The lowest BCUT2D eigenvalue weighted by molar-refractivity contribution is -0.201. The van der Waals surface area contributed by atoms with E-state index in [-0.39, 0.29) is 6.61 Å². The first kappa shape index (κ1) is 9.80. The molecule has 1 N–H and O–H groups in total. The molecule has 2 nitrogen and oxygen atoms in total. The maximum atomic E-state index is 12.0. The van der Waals surface area contributed by atoms with Crippen molar-refractivity contribution in [2.45, 2.75) is 31.7 Å². The lowest BCUT2D eigenvalue weighted by Crippen LogP contribution is -2.40. The van der Waals surface area contributed by atoms with Gasteiger partial charge in [-0.2, -0.15) is 13.2 Å². The van der Waals surface area contributed by atoms with E-state index in [2.05, 4.69) is 0 Å². The smallest absolute Gasteiger partial charge is 0.389 e. The minimum absolute atomic E-state index is 0.203. The zero-order valence-corrected chi connectivity index (χ0v) is 6.85. The second-order valence-electron chi connectivity index (χ2n) is 3.38. The summed E-state index contributed by atoms with van der Waals surface area (Å²) < 4.78 is 40.9. The largest absolute Gasteiger partial charge is 0.394 e. The van der Waals surface area contributed by atoms with E-state index in [0.29, 0.717) is 0 Å². The molecule has 0 aromatic carbocycles. The molecule has 3 atom stereocenters. The minimum atomic E-state index is -4.35. The standard InChI is InChI=1S/C7H11F3O2/c1-4(7(8,9)10)5(11)6(2)3-12-6/h4-5,11H,3H2,1-2H3. The SMILES string of the molecule is CC(C(O)C1(C)CO1)C(F)(F)F. The van der Waals surface area contributed by atoms with Gasteiger partial charge in [0, 0.05) is 0 Å². The van der Waals surface area contributed by atoms with Gasteiger partial charge in [0.1, 0.15) is 5.60 Å². The summed E-state index contributed by atoms with van der Waals surface area (Å²) in [5.74, 6) is -1.73. The van der Waals surface area contributed by atoms with Gasteiger partial charge < -0.3 is 9.84 Å². The first-order chi connectivity index (χ1) is 5.27. The van der Waals surface area contributed by atoms with E-state index >= 15 is 0 Å². The van der Waals surface area contributed by atoms with Gasteiger partial charge >= 0.3 is 6.18 Å². The Bertz CT molecular complexity index is 165. The number of halogens is 3. The van der Waals surface area contributed by atoms with Gasteiger partial charge in [0.05, 0.1) is 18.6 Å². The van der Waals surface area contributed by atoms with E-state index in [1.807, 2.05) is 0 Å². The van der Waals surface area contributed by atoms with E-state index in [1.54, 1.807) is 0 Å². The lowest BCUT2D eigenvalue weighted by Gasteiger charge is -2.24. The fraction of sp³-hybridized carbons (Fsp3) is 1.00. The average molecular weight is 184 g/mol. The van der Waals surface area contributed by atoms with Gasteiger partial charge in [-0.05, 0) is 6.92 Å². The van der Waals surface area contributed by atoms with Gasteiger partial charge in [-0.3, -0.25) is 0 Å². The number of rotatable bonds is 2. The predicted molar refractivity (Wildman–Crippen MR) is 35.6 cm³/mol. The summed E-state index contributed by atoms with van der Waals surface area (Å²) >= 11 is 0. The summed E-state index contributed by atoms with van der Waals surface area (Å²) in [6, 6.07) is 0. The maximum Gasteiger partial charge on any atom is 0.394 e. The van der Waals surface area contributed by atoms with Crippen LogP contribution in [0.15, 0.2) is 0 Å². The summed E-state index contributed by atoms with van der Waals surface area (Å²) in [5.41, 5.74) is -0.977. The Morgan fingerprint density at radius 2 is 1.92 bits per heavy atom. The van der Waals surface area contributed by atoms with Gasteiger partial charge in [-0.25, -0.2) is 0 Å². The molecular weight excluding hydrogens is 173 g/mol. The number of alkyl halides is 3. The van der Waals surface area contributed by atoms with Crippen LogP contribution in [0, 0.1) is 5.92 Å². The fourth-order valence-corrected chi connectivity index (χ4v) is 0.992. The molecule has 1 aliphatic rings. The van der Waals surface area contributed by atoms with Crippen LogP contribution in [-0.2, 0) is 4.74 Å². The van der Waals surface area contributed by atoms with Crippen LogP contribution in [0.1, 0.15) is 13.8 Å². The zero-order valence-electron chi connectivity index (χ0n) is 6.85. The molecule has 12 heavy (non-hydrogen) atoms. The molecule has 1 aliphatic heterocycles. The molecule has 1 fully saturated rings. The van der Waals surface area contributed by atoms with E-state index in [0.717, 1.165) is 6.92 Å². The highest BCUT2D eigenvalue weighted by Crippen LogP contribution is 2.39. The number of hydrogen-bond acceptors (Lipinski definition) is 2. The average Bonchev–Trinajstić information content (AvgIpc) is 2.64. The highest BCUT2D eigenvalue weighted by Gasteiger charge is 2.54. The normalized spacial score (nSPS) is 34.5. The third kappa shape index (κ3) is 1.72. The number of hydrogen-bond donors (Lipinski definition) is 1. The molecule has 0 aromatic rings. The molecule has 0 radical (unpaired) electrons. The molecule has 0 saturated carbocycles. The first-order valence-corrected chi connectivity index (χ1v) is 3.66. The molecule has 3 unspecified atom stereocenters. The van der Waals surface area contributed by atoms with Crippen molar-refractivity contribution >= 4 is 0 Å². The maximum absolute atomic E-state index is 12.0. The van der Waals surface area contributed by atoms with Crippen LogP contribution in [0.4, 0.5) is 13.2 Å². The van der Waals surface area contributed by atoms with Crippen molar-refractivity contribution in [1.29, 1.82) is 0 Å². The second-order valence-corrected chi connectivity index (χ2v) is 3.38. The minimum Gasteiger partial charge on any atom is -0.389 e. The first-order valence-electron chi connectivity index (χ1n) is 3.66. The van der Waals surface area contributed by atoms with Crippen LogP contribution in [0.25, 0.3) is 0 Å². The van der Waals surface area contributed by atoms with Crippen LogP contribution < -0.4 is 0 Å². The second kappa shape index (κ2) is 2.60. The zero-order chi connectivity index (χ0) is 9.57. The topological polar surface area (TPSA) is 32.8 Å². The number of ether oxygens (including phenoxy) is 1. The van der Waals surface area contributed by atoms with Crippen LogP contribution in [0.3, 0.4) is 0 Å². The van der Waals surface area contributed by atoms with Gasteiger partial charge in [-0.15, -0.1) is 0 Å². The third-order valence-corrected chi connectivity index (χ3v) is 2.22. The van der Waals surface area contributed by atoms with Gasteiger partial charge in [0.15, 0.2) is 0 Å². The van der Waals surface area contributed by atoms with Crippen LogP contribution in [0.2, 0.25) is 0 Å². The van der Waals surface area contributed by atoms with Gasteiger partial charge in [0.25, 0.3) is 0 Å². The molecule has 0 aromatic heterocycles. The summed E-state index contributed by atoms with van der Waals surface area (Å²) in [6.07, 6.45) is -5.81. The molecule has 1 saturated heterocycles. The predicted octanol–water partition coefficient (Wildman–Crippen LogP) is 1.33. The highest BCUT2D eigenvalue weighted by atomic mass is 19.4. The van der Waals surface area contributed by atoms with Crippen LogP contribution in [0.5, 0.6) is 0 Å². The molecule has 0 spiro atoms. The van der Waals surface area contributed by atoms with Crippen molar-refractivity contribution in [3.8, 4) is 0 Å². The Hall–Kier alpha value is -0.290. The molecular formula is C7H11F3O2. The highest BCUT2D eigenvalue weighted by molar-refractivity contribution is 4.97.